The second kappa shape index (κ2) is 14.7. The zero-order valence-electron chi connectivity index (χ0n) is 20.9. The monoisotopic (exact) mass is 494 g/mol. The van der Waals surface area contributed by atoms with Crippen LogP contribution in [0.15, 0.2) is 0 Å². The van der Waals surface area contributed by atoms with Gasteiger partial charge in [0.15, 0.2) is 0 Å². The van der Waals surface area contributed by atoms with Crippen molar-refractivity contribution < 1.29 is 42.6 Å². The van der Waals surface area contributed by atoms with Gasteiger partial charge in [0.25, 0.3) is 0 Å². The molecule has 3 rings (SSSR count). The van der Waals surface area contributed by atoms with Crippen LogP contribution < -0.4 is 0 Å². The largest absolute Gasteiger partial charge is 0.382 e. The quantitative estimate of drug-likeness (QED) is 0.208. The van der Waals surface area contributed by atoms with E-state index in [2.05, 4.69) is 0 Å². The number of rotatable bonds is 13. The summed E-state index contributed by atoms with van der Waals surface area (Å²) in [6.07, 6.45) is -1.46. The molecule has 3 saturated heterocycles. The third-order valence-electron chi connectivity index (χ3n) is 7.06. The van der Waals surface area contributed by atoms with Crippen LogP contribution in [0.3, 0.4) is 0 Å². The molecule has 0 N–H and O–H groups in total. The Morgan fingerprint density at radius 2 is 0.971 bits per heavy atom. The fourth-order valence-electron chi connectivity index (χ4n) is 4.82. The molecule has 0 saturated carbocycles. The summed E-state index contributed by atoms with van der Waals surface area (Å²) in [4.78, 5) is 0. The molecule has 0 aromatic heterocycles. The predicted octanol–water partition coefficient (Wildman–Crippen LogP) is 0.591. The van der Waals surface area contributed by atoms with Crippen LogP contribution in [0.5, 0.6) is 0 Å². The molecule has 0 bridgehead atoms. The standard InChI is InChI=1S/C22H37B3O9.CH4/c1-11-17(27-5)15(33-20(11)23)7-28-9-31-19-13(3)22(25)34-16(19)8-29-10-30-18-12(2)21(24)32-14(18)6-26-4;/h11-22H,6-10H2,1-5H3;1H4. The number of ether oxygens (including phenoxy) is 9. The van der Waals surface area contributed by atoms with Crippen LogP contribution in [-0.2, 0) is 42.6 Å². The van der Waals surface area contributed by atoms with Crippen molar-refractivity contribution in [2.45, 2.75) is 82.8 Å². The van der Waals surface area contributed by atoms with Crippen LogP contribution in [0.25, 0.3) is 0 Å². The second-order valence-electron chi connectivity index (χ2n) is 9.39. The van der Waals surface area contributed by atoms with Crippen molar-refractivity contribution in [3.8, 4) is 0 Å². The smallest absolute Gasteiger partial charge is 0.147 e. The lowest BCUT2D eigenvalue weighted by atomic mass is 9.86. The molecule has 0 aromatic carbocycles. The maximum atomic E-state index is 6.09. The van der Waals surface area contributed by atoms with E-state index < -0.39 is 12.0 Å². The van der Waals surface area contributed by atoms with Gasteiger partial charge in [-0.05, 0) is 0 Å². The average molecular weight is 494 g/mol. The molecular formula is C23H41B3O9. The van der Waals surface area contributed by atoms with E-state index in [1.807, 2.05) is 20.8 Å². The van der Waals surface area contributed by atoms with Crippen molar-refractivity contribution in [2.75, 3.05) is 47.6 Å². The van der Waals surface area contributed by atoms with Crippen LogP contribution in [0.2, 0.25) is 0 Å². The van der Waals surface area contributed by atoms with Crippen LogP contribution in [0.1, 0.15) is 28.2 Å². The number of hydrogen-bond acceptors (Lipinski definition) is 9. The van der Waals surface area contributed by atoms with Gasteiger partial charge in [0, 0.05) is 50.0 Å². The second-order valence-corrected chi connectivity index (χ2v) is 9.39. The molecule has 12 atom stereocenters. The van der Waals surface area contributed by atoms with Gasteiger partial charge < -0.3 is 42.6 Å². The average Bonchev–Trinajstić information content (AvgIpc) is 3.35. The van der Waals surface area contributed by atoms with Crippen molar-refractivity contribution >= 4 is 23.5 Å². The lowest BCUT2D eigenvalue weighted by Gasteiger charge is -2.24. The Hall–Kier alpha value is -0.165. The molecule has 9 nitrogen and oxygen atoms in total. The van der Waals surface area contributed by atoms with Gasteiger partial charge in [-0.15, -0.1) is 0 Å². The van der Waals surface area contributed by atoms with Gasteiger partial charge in [-0.1, -0.05) is 28.2 Å². The molecule has 0 spiro atoms. The zero-order valence-corrected chi connectivity index (χ0v) is 20.9. The first-order valence-electron chi connectivity index (χ1n) is 11.9. The Bertz CT molecular complexity index is 607. The van der Waals surface area contributed by atoms with Gasteiger partial charge in [0.2, 0.25) is 0 Å². The molecule has 0 aliphatic carbocycles. The Balaban J connectivity index is 0.00000432. The van der Waals surface area contributed by atoms with E-state index in [-0.39, 0.29) is 88.0 Å². The Morgan fingerprint density at radius 3 is 1.37 bits per heavy atom. The highest BCUT2D eigenvalue weighted by Crippen LogP contribution is 2.30. The minimum absolute atomic E-state index is 0. The van der Waals surface area contributed by atoms with Crippen molar-refractivity contribution in [3.05, 3.63) is 0 Å². The molecule has 196 valence electrons. The summed E-state index contributed by atoms with van der Waals surface area (Å²) in [7, 11) is 21.3. The Kier molecular flexibility index (Phi) is 13.0. The number of methoxy groups -OCH3 is 2. The Morgan fingerprint density at radius 1 is 0.600 bits per heavy atom. The van der Waals surface area contributed by atoms with E-state index in [0.717, 1.165) is 0 Å². The van der Waals surface area contributed by atoms with Crippen molar-refractivity contribution in [3.63, 3.8) is 0 Å². The summed E-state index contributed by atoms with van der Waals surface area (Å²) in [5, 5.41) is 0. The van der Waals surface area contributed by atoms with E-state index in [4.69, 9.17) is 66.2 Å². The zero-order chi connectivity index (χ0) is 24.8. The van der Waals surface area contributed by atoms with Crippen LogP contribution >= 0.6 is 0 Å². The van der Waals surface area contributed by atoms with Crippen LogP contribution in [0, 0.1) is 17.8 Å². The maximum Gasteiger partial charge on any atom is 0.147 e. The topological polar surface area (TPSA) is 83.1 Å². The molecule has 0 aromatic rings. The van der Waals surface area contributed by atoms with E-state index in [9.17, 15) is 0 Å². The first kappa shape index (κ1) is 31.1. The summed E-state index contributed by atoms with van der Waals surface area (Å²) in [5.41, 5.74) is 0. The van der Waals surface area contributed by atoms with E-state index in [1.54, 1.807) is 14.2 Å². The molecular weight excluding hydrogens is 453 g/mol. The first-order chi connectivity index (χ1) is 16.3. The van der Waals surface area contributed by atoms with Gasteiger partial charge in [-0.25, -0.2) is 0 Å². The number of hydrogen-bond donors (Lipinski definition) is 0. The molecule has 0 amide bonds. The SMILES string of the molecule is C.[B]C1OC(COCOC2C(COCOC3C(COC)OC([B])C3C)OC([B])C2C)C(OC)C1C. The molecule has 3 fully saturated rings. The summed E-state index contributed by atoms with van der Waals surface area (Å²) in [6.45, 7) is 7.05. The lowest BCUT2D eigenvalue weighted by Crippen LogP contribution is -2.36. The maximum absolute atomic E-state index is 6.09. The highest BCUT2D eigenvalue weighted by atomic mass is 16.7. The molecule has 6 radical (unpaired) electrons. The lowest BCUT2D eigenvalue weighted by molar-refractivity contribution is -0.163. The van der Waals surface area contributed by atoms with Crippen LogP contribution in [0.4, 0.5) is 0 Å². The van der Waals surface area contributed by atoms with Gasteiger partial charge >= 0.3 is 0 Å². The Labute approximate surface area is 214 Å². The fourth-order valence-corrected chi connectivity index (χ4v) is 4.82. The summed E-state index contributed by atoms with van der Waals surface area (Å²) in [6, 6.07) is -1.22. The van der Waals surface area contributed by atoms with Gasteiger partial charge in [0.1, 0.15) is 55.4 Å². The van der Waals surface area contributed by atoms with Gasteiger partial charge in [-0.3, -0.25) is 0 Å². The third kappa shape index (κ3) is 7.68. The highest BCUT2D eigenvalue weighted by Gasteiger charge is 2.42. The highest BCUT2D eigenvalue weighted by molar-refractivity contribution is 6.11. The van der Waals surface area contributed by atoms with Crippen molar-refractivity contribution in [2.24, 2.45) is 17.8 Å². The molecule has 3 aliphatic heterocycles. The molecule has 12 heteroatoms. The summed E-state index contributed by atoms with van der Waals surface area (Å²) in [5.74, 6) is 0.0735. The minimum Gasteiger partial charge on any atom is -0.382 e. The minimum atomic E-state index is -0.457. The van der Waals surface area contributed by atoms with Gasteiger partial charge in [0.05, 0.1) is 38.1 Å². The molecule has 35 heavy (non-hydrogen) atoms. The molecule has 3 aliphatic rings. The van der Waals surface area contributed by atoms with E-state index in [1.165, 1.54) is 0 Å². The molecule has 3 heterocycles. The van der Waals surface area contributed by atoms with Crippen LogP contribution in [-0.4, -0.2) is 126 Å². The van der Waals surface area contributed by atoms with E-state index >= 15 is 0 Å². The fraction of sp³-hybridized carbons (Fsp3) is 1.00. The summed E-state index contributed by atoms with van der Waals surface area (Å²) >= 11 is 0. The molecule has 12 unspecified atom stereocenters. The first-order valence-corrected chi connectivity index (χ1v) is 11.9. The normalized spacial score (nSPS) is 43.5. The van der Waals surface area contributed by atoms with Crippen molar-refractivity contribution in [1.82, 2.24) is 0 Å². The predicted molar refractivity (Wildman–Crippen MR) is 132 cm³/mol. The van der Waals surface area contributed by atoms with Crippen molar-refractivity contribution in [1.29, 1.82) is 0 Å². The third-order valence-corrected chi connectivity index (χ3v) is 7.06. The van der Waals surface area contributed by atoms with E-state index in [0.29, 0.717) is 13.2 Å². The van der Waals surface area contributed by atoms with Gasteiger partial charge in [-0.2, -0.15) is 0 Å². The summed E-state index contributed by atoms with van der Waals surface area (Å²) < 4.78 is 51.3.